The van der Waals surface area contributed by atoms with Crippen LogP contribution in [0.4, 0.5) is 0 Å². The van der Waals surface area contributed by atoms with Crippen LogP contribution in [-0.4, -0.2) is 148 Å². The number of esters is 6. The molecule has 6 saturated heterocycles. The van der Waals surface area contributed by atoms with Gasteiger partial charge in [-0.3, -0.25) is 28.8 Å². The Hall–Kier alpha value is -3.50. The first-order chi connectivity index (χ1) is 34.5. The van der Waals surface area contributed by atoms with Gasteiger partial charge in [0.2, 0.25) is 0 Å². The fourth-order valence-electron chi connectivity index (χ4n) is 16.9. The lowest BCUT2D eigenvalue weighted by atomic mass is 9.41. The van der Waals surface area contributed by atoms with E-state index in [9.17, 15) is 28.8 Å². The van der Waals surface area contributed by atoms with Crippen molar-refractivity contribution in [1.29, 1.82) is 0 Å². The monoisotopic (exact) mass is 1030 g/mol. The summed E-state index contributed by atoms with van der Waals surface area (Å²) in [6, 6.07) is 0. The van der Waals surface area contributed by atoms with Crippen LogP contribution in [0.15, 0.2) is 0 Å². The number of fused-ring (bicyclic) bond motifs is 6. The zero-order valence-electron chi connectivity index (χ0n) is 44.2. The molecule has 6 heterocycles. The molecule has 0 aromatic heterocycles. The molecule has 0 N–H and O–H groups in total. The van der Waals surface area contributed by atoms with Crippen molar-refractivity contribution < 1.29 is 95.1 Å². The number of rotatable bonds is 13. The minimum atomic E-state index is -1.17. The van der Waals surface area contributed by atoms with E-state index in [-0.39, 0.29) is 68.2 Å². The van der Waals surface area contributed by atoms with Crippen molar-refractivity contribution >= 4 is 35.8 Å². The van der Waals surface area contributed by atoms with Crippen LogP contribution >= 0.6 is 0 Å². The molecule has 408 valence electrons. The number of hydrogen-bond donors (Lipinski definition) is 0. The second-order valence-corrected chi connectivity index (χ2v) is 23.7. The molecular weight excluding hydrogens is 957 g/mol. The van der Waals surface area contributed by atoms with E-state index in [1.54, 1.807) is 7.11 Å². The molecule has 0 amide bonds. The van der Waals surface area contributed by atoms with E-state index in [1.165, 1.54) is 41.5 Å². The number of hydrogen-bond acceptors (Lipinski definition) is 20. The van der Waals surface area contributed by atoms with Crippen molar-refractivity contribution in [3.05, 3.63) is 0 Å². The first-order valence-corrected chi connectivity index (χ1v) is 26.5. The summed E-state index contributed by atoms with van der Waals surface area (Å²) in [4.78, 5) is 75.9. The van der Waals surface area contributed by atoms with Gasteiger partial charge in [0.05, 0.1) is 42.4 Å². The zero-order valence-corrected chi connectivity index (χ0v) is 44.2. The summed E-state index contributed by atoms with van der Waals surface area (Å²) in [7, 11) is 1.62. The van der Waals surface area contributed by atoms with Gasteiger partial charge >= 0.3 is 35.8 Å². The molecule has 20 nitrogen and oxygen atoms in total. The van der Waals surface area contributed by atoms with E-state index in [1.807, 2.05) is 0 Å². The van der Waals surface area contributed by atoms with Crippen molar-refractivity contribution in [1.82, 2.24) is 0 Å². The molecule has 4 aliphatic carbocycles. The van der Waals surface area contributed by atoms with Crippen LogP contribution < -0.4 is 0 Å². The average molecular weight is 1030 g/mol. The van der Waals surface area contributed by atoms with Gasteiger partial charge in [0.15, 0.2) is 25.2 Å². The highest BCUT2D eigenvalue weighted by atomic mass is 16.8. The van der Waals surface area contributed by atoms with Crippen molar-refractivity contribution in [2.75, 3.05) is 33.5 Å². The molecule has 0 bridgehead atoms. The molecule has 10 aliphatic rings. The third-order valence-corrected chi connectivity index (χ3v) is 20.3. The van der Waals surface area contributed by atoms with Crippen LogP contribution in [-0.2, 0) is 95.1 Å². The Morgan fingerprint density at radius 3 is 1.41 bits per heavy atom. The summed E-state index contributed by atoms with van der Waals surface area (Å²) in [6.45, 7) is 17.1. The number of methoxy groups -OCH3 is 1. The van der Waals surface area contributed by atoms with Gasteiger partial charge in [0, 0.05) is 96.5 Å². The van der Waals surface area contributed by atoms with E-state index in [0.29, 0.717) is 57.8 Å². The highest BCUT2D eigenvalue weighted by Gasteiger charge is 2.83. The quantitative estimate of drug-likeness (QED) is 0.136. The molecule has 6 aliphatic heterocycles. The van der Waals surface area contributed by atoms with Crippen LogP contribution in [0.5, 0.6) is 0 Å². The largest absolute Gasteiger partial charge is 0.465 e. The van der Waals surface area contributed by atoms with E-state index in [2.05, 4.69) is 27.7 Å². The summed E-state index contributed by atoms with van der Waals surface area (Å²) < 4.78 is 88.7. The molecule has 10 fully saturated rings. The molecule has 20 heteroatoms. The van der Waals surface area contributed by atoms with Crippen molar-refractivity contribution in [2.24, 2.45) is 57.2 Å². The van der Waals surface area contributed by atoms with Gasteiger partial charge in [-0.2, -0.15) is 0 Å². The Kier molecular flexibility index (Phi) is 13.7. The van der Waals surface area contributed by atoms with Gasteiger partial charge in [0.25, 0.3) is 0 Å². The Labute approximate surface area is 426 Å². The number of carbonyl (C=O) groups is 6. The zero-order chi connectivity index (χ0) is 52.4. The second kappa shape index (κ2) is 18.9. The van der Waals surface area contributed by atoms with Crippen LogP contribution in [0, 0.1) is 57.2 Å². The summed E-state index contributed by atoms with van der Waals surface area (Å²) >= 11 is 0. The maximum absolute atomic E-state index is 12.9. The Bertz CT molecular complexity index is 2170. The lowest BCUT2D eigenvalue weighted by molar-refractivity contribution is -0.311. The summed E-state index contributed by atoms with van der Waals surface area (Å²) in [5, 5.41) is 0. The van der Waals surface area contributed by atoms with Gasteiger partial charge < -0.3 is 66.3 Å². The second-order valence-electron chi connectivity index (χ2n) is 23.7. The number of epoxide rings is 2. The Balaban J connectivity index is 0.833. The minimum absolute atomic E-state index is 0.00171. The average Bonchev–Trinajstić information content (AvgIpc) is 4.09. The third kappa shape index (κ3) is 8.26. The first-order valence-electron chi connectivity index (χ1n) is 26.5. The minimum Gasteiger partial charge on any atom is -0.465 e. The smallest absolute Gasteiger partial charge is 0.303 e. The van der Waals surface area contributed by atoms with Crippen LogP contribution in [0.25, 0.3) is 0 Å². The van der Waals surface area contributed by atoms with Crippen LogP contribution in [0.3, 0.4) is 0 Å². The predicted molar refractivity (Wildman–Crippen MR) is 247 cm³/mol. The molecule has 10 rings (SSSR count). The van der Waals surface area contributed by atoms with Gasteiger partial charge in [-0.15, -0.1) is 0 Å². The van der Waals surface area contributed by atoms with Crippen molar-refractivity contribution in [3.8, 4) is 0 Å². The predicted octanol–water partition coefficient (Wildman–Crippen LogP) is 4.86. The van der Waals surface area contributed by atoms with Crippen molar-refractivity contribution in [3.63, 3.8) is 0 Å². The third-order valence-electron chi connectivity index (χ3n) is 20.3. The highest BCUT2D eigenvalue weighted by molar-refractivity contribution is 5.69. The Morgan fingerprint density at radius 1 is 0.507 bits per heavy atom. The fourth-order valence-corrected chi connectivity index (χ4v) is 16.9. The molecule has 0 aromatic carbocycles. The number of ether oxygens (including phenoxy) is 14. The molecule has 2 spiro atoms. The van der Waals surface area contributed by atoms with E-state index in [0.717, 1.165) is 0 Å². The summed E-state index contributed by atoms with van der Waals surface area (Å²) in [5.74, 6) is -3.61. The van der Waals surface area contributed by atoms with E-state index in [4.69, 9.17) is 66.3 Å². The molecule has 23 atom stereocenters. The first kappa shape index (κ1) is 52.9. The van der Waals surface area contributed by atoms with E-state index >= 15 is 0 Å². The highest BCUT2D eigenvalue weighted by Crippen LogP contribution is 2.73. The summed E-state index contributed by atoms with van der Waals surface area (Å²) in [6.07, 6.45) is -1.53. The normalized spacial score (nSPS) is 49.9. The molecule has 0 radical (unpaired) electrons. The van der Waals surface area contributed by atoms with E-state index < -0.39 is 130 Å². The molecule has 4 saturated carbocycles. The van der Waals surface area contributed by atoms with Crippen LogP contribution in [0.1, 0.15) is 127 Å². The molecule has 0 unspecified atom stereocenters. The van der Waals surface area contributed by atoms with Crippen molar-refractivity contribution in [2.45, 2.75) is 206 Å². The van der Waals surface area contributed by atoms with Gasteiger partial charge in [-0.1, -0.05) is 27.7 Å². The molecular formula is C53H76O20. The van der Waals surface area contributed by atoms with Gasteiger partial charge in [-0.25, -0.2) is 0 Å². The maximum atomic E-state index is 12.9. The maximum Gasteiger partial charge on any atom is 0.303 e. The molecule has 0 aromatic rings. The fraction of sp³-hybridized carbons (Fsp3) is 0.887. The Morgan fingerprint density at radius 2 is 0.945 bits per heavy atom. The molecule has 73 heavy (non-hydrogen) atoms. The van der Waals surface area contributed by atoms with Crippen LogP contribution in [0.2, 0.25) is 0 Å². The lowest BCUT2D eigenvalue weighted by Crippen LogP contribution is -2.75. The SMILES string of the molecule is CO[C@@H]1C[C@H](OC(C)=O)[C@]2(CO2)[C@]2(COC(C)=O)[C@@H](OC(C)=O)C[C@@H](C)[C@](C)([C@@H]3C[C@H]4C[C@@H](O[C@H]5C[C@@H]6C[C@@H]([C@@]7(C)[C@H](C)C[C@H](OC(C)=O)[C@]8(COC(C)=O)[C@@H]7CC[C@H](OC(C)=O)[C@]87CO7)O[C@@H]6O5)O[C@H]4O3)[C@@H]12. The van der Waals surface area contributed by atoms with Gasteiger partial charge in [-0.05, 0) is 56.3 Å². The topological polar surface area (TPSA) is 238 Å². The van der Waals surface area contributed by atoms with Gasteiger partial charge in [0.1, 0.15) is 48.8 Å². The number of carbonyl (C=O) groups excluding carboxylic acids is 6. The standard InChI is InChI=1S/C53H76O20/c1-25-14-40(66-30(6)57)50(21-61-27(3)54)36(12-13-37(65-29(5)56)52(50)23-63-52)48(25,9)38-16-33-18-43(72-46(33)69-38)71-44-19-34-17-39(70-47(34)73-44)49(10)26(2)15-41(67-31(7)58)51(22-62-28(4)55)45(49)35(60-11)20-42(68-32(8)59)53(51)24-64-53/h25-26,33-47H,12-24H2,1-11H3/t25-,26-,33+,34+,35-,36-,37+,38+,39+,40+,41+,42+,43-,44+,45-,46-,47-,48+,49-,50+,51-,52-,53-/m1/s1. The summed E-state index contributed by atoms with van der Waals surface area (Å²) in [5.41, 5.74) is -5.50. The lowest BCUT2D eigenvalue weighted by Gasteiger charge is -2.66.